The largest absolute Gasteiger partial charge is 0.394 e. The molecule has 0 aliphatic rings. The van der Waals surface area contributed by atoms with Crippen LogP contribution in [0, 0.1) is 0 Å². The van der Waals surface area contributed by atoms with Crippen molar-refractivity contribution in [3.05, 3.63) is 69.8 Å². The first kappa shape index (κ1) is 19.5. The first-order valence-corrected chi connectivity index (χ1v) is 9.41. The van der Waals surface area contributed by atoms with Gasteiger partial charge in [-0.25, -0.2) is 4.79 Å². The maximum absolute atomic E-state index is 12.1. The summed E-state index contributed by atoms with van der Waals surface area (Å²) in [4.78, 5) is 15.4. The number of amides is 2. The predicted octanol–water partition coefficient (Wildman–Crippen LogP) is 4.29. The minimum atomic E-state index is -0.341. The van der Waals surface area contributed by atoms with E-state index in [1.807, 2.05) is 36.5 Å². The molecule has 142 valence electrons. The minimum Gasteiger partial charge on any atom is -0.394 e. The molecule has 0 radical (unpaired) electrons. The van der Waals surface area contributed by atoms with Gasteiger partial charge in [-0.2, -0.15) is 0 Å². The molecule has 0 saturated heterocycles. The summed E-state index contributed by atoms with van der Waals surface area (Å²) in [5, 5.41) is 16.8. The Morgan fingerprint density at radius 2 is 1.96 bits per heavy atom. The second-order valence-corrected chi connectivity index (χ2v) is 7.29. The van der Waals surface area contributed by atoms with Crippen molar-refractivity contribution in [3.63, 3.8) is 0 Å². The number of fused-ring (bicyclic) bond motifs is 1. The fourth-order valence-electron chi connectivity index (χ4n) is 3.07. The number of para-hydroxylation sites is 1. The number of aliphatic hydroxyl groups is 1. The molecule has 5 nitrogen and oxygen atoms in total. The summed E-state index contributed by atoms with van der Waals surface area (Å²) >= 11 is 12.5. The van der Waals surface area contributed by atoms with Gasteiger partial charge in [0, 0.05) is 39.6 Å². The third-order valence-electron chi connectivity index (χ3n) is 4.45. The average Bonchev–Trinajstić information content (AvgIpc) is 3.07. The SMILES string of the molecule is CC(CO)NC(=O)NCC(c1ccc(Cl)cc1Cl)c1c[nH]c2ccccc12. The van der Waals surface area contributed by atoms with Gasteiger partial charge in [-0.1, -0.05) is 47.5 Å². The normalized spacial score (nSPS) is 13.3. The number of urea groups is 1. The third kappa shape index (κ3) is 4.56. The van der Waals surface area contributed by atoms with Gasteiger partial charge in [-0.15, -0.1) is 0 Å². The average molecular weight is 406 g/mol. The minimum absolute atomic E-state index is 0.123. The van der Waals surface area contributed by atoms with Crippen LogP contribution in [0.25, 0.3) is 10.9 Å². The fourth-order valence-corrected chi connectivity index (χ4v) is 3.61. The Labute approximate surface area is 167 Å². The number of halogens is 2. The molecular formula is C20H21Cl2N3O2. The maximum Gasteiger partial charge on any atom is 0.315 e. The van der Waals surface area contributed by atoms with Gasteiger partial charge in [-0.3, -0.25) is 0 Å². The number of aromatic nitrogens is 1. The first-order valence-electron chi connectivity index (χ1n) is 8.65. The van der Waals surface area contributed by atoms with Crippen molar-refractivity contribution in [2.45, 2.75) is 18.9 Å². The van der Waals surface area contributed by atoms with Crippen LogP contribution >= 0.6 is 23.2 Å². The second kappa shape index (κ2) is 8.65. The fraction of sp³-hybridized carbons (Fsp3) is 0.250. The van der Waals surface area contributed by atoms with Crippen LogP contribution in [0.3, 0.4) is 0 Å². The van der Waals surface area contributed by atoms with E-state index < -0.39 is 0 Å². The van der Waals surface area contributed by atoms with Crippen molar-refractivity contribution in [2.75, 3.05) is 13.2 Å². The zero-order chi connectivity index (χ0) is 19.4. The van der Waals surface area contributed by atoms with E-state index in [-0.39, 0.29) is 24.6 Å². The van der Waals surface area contributed by atoms with Crippen molar-refractivity contribution in [2.24, 2.45) is 0 Å². The molecular weight excluding hydrogens is 385 g/mol. The Morgan fingerprint density at radius 1 is 1.19 bits per heavy atom. The molecule has 0 saturated carbocycles. The monoisotopic (exact) mass is 405 g/mol. The smallest absolute Gasteiger partial charge is 0.315 e. The van der Waals surface area contributed by atoms with Gasteiger partial charge in [0.25, 0.3) is 0 Å². The highest BCUT2D eigenvalue weighted by molar-refractivity contribution is 6.35. The summed E-state index contributed by atoms with van der Waals surface area (Å²) < 4.78 is 0. The van der Waals surface area contributed by atoms with E-state index in [1.54, 1.807) is 19.1 Å². The standard InChI is InChI=1S/C20H21Cl2N3O2/c1-12(11-26)25-20(27)24-10-16(14-7-6-13(21)8-18(14)22)17-9-23-19-5-3-2-4-15(17)19/h2-9,12,16,23,26H,10-11H2,1H3,(H2,24,25,27). The Balaban J connectivity index is 1.93. The molecule has 2 unspecified atom stereocenters. The Bertz CT molecular complexity index is 942. The molecule has 2 amide bonds. The number of rotatable bonds is 6. The molecule has 4 N–H and O–H groups in total. The van der Waals surface area contributed by atoms with Crippen LogP contribution in [-0.4, -0.2) is 35.3 Å². The van der Waals surface area contributed by atoms with Crippen LogP contribution in [0.4, 0.5) is 4.79 Å². The second-order valence-electron chi connectivity index (χ2n) is 6.45. The Hall–Kier alpha value is -2.21. The summed E-state index contributed by atoms with van der Waals surface area (Å²) in [6.45, 7) is 1.95. The number of aromatic amines is 1. The molecule has 3 rings (SSSR count). The van der Waals surface area contributed by atoms with E-state index in [9.17, 15) is 4.79 Å². The van der Waals surface area contributed by atoms with Crippen molar-refractivity contribution < 1.29 is 9.90 Å². The molecule has 0 spiro atoms. The van der Waals surface area contributed by atoms with E-state index >= 15 is 0 Å². The topological polar surface area (TPSA) is 77.2 Å². The zero-order valence-electron chi connectivity index (χ0n) is 14.8. The summed E-state index contributed by atoms with van der Waals surface area (Å²) in [6, 6.07) is 12.7. The van der Waals surface area contributed by atoms with Gasteiger partial charge in [0.05, 0.1) is 12.6 Å². The number of H-pyrrole nitrogens is 1. The van der Waals surface area contributed by atoms with E-state index in [4.69, 9.17) is 28.3 Å². The summed E-state index contributed by atoms with van der Waals surface area (Å²) in [5.74, 6) is -0.166. The summed E-state index contributed by atoms with van der Waals surface area (Å²) in [6.07, 6.45) is 1.94. The van der Waals surface area contributed by atoms with Gasteiger partial charge in [0.1, 0.15) is 0 Å². The van der Waals surface area contributed by atoms with Crippen molar-refractivity contribution >= 4 is 40.1 Å². The van der Waals surface area contributed by atoms with Gasteiger partial charge in [-0.05, 0) is 36.2 Å². The molecule has 27 heavy (non-hydrogen) atoms. The van der Waals surface area contributed by atoms with E-state index in [0.29, 0.717) is 16.6 Å². The molecule has 0 bridgehead atoms. The molecule has 2 atom stereocenters. The molecule has 0 aliphatic heterocycles. The maximum atomic E-state index is 12.1. The van der Waals surface area contributed by atoms with Gasteiger partial charge in [0.2, 0.25) is 0 Å². The zero-order valence-corrected chi connectivity index (χ0v) is 16.3. The van der Waals surface area contributed by atoms with Gasteiger partial charge >= 0.3 is 6.03 Å². The van der Waals surface area contributed by atoms with Gasteiger partial charge in [0.15, 0.2) is 0 Å². The van der Waals surface area contributed by atoms with E-state index in [2.05, 4.69) is 15.6 Å². The number of benzene rings is 2. The first-order chi connectivity index (χ1) is 13.0. The lowest BCUT2D eigenvalue weighted by Gasteiger charge is -2.20. The number of hydrogen-bond acceptors (Lipinski definition) is 2. The summed E-state index contributed by atoms with van der Waals surface area (Å²) in [7, 11) is 0. The highest BCUT2D eigenvalue weighted by Gasteiger charge is 2.21. The predicted molar refractivity (Wildman–Crippen MR) is 110 cm³/mol. The molecule has 0 fully saturated rings. The molecule has 7 heteroatoms. The lowest BCUT2D eigenvalue weighted by atomic mass is 9.91. The highest BCUT2D eigenvalue weighted by Crippen LogP contribution is 2.35. The van der Waals surface area contributed by atoms with E-state index in [0.717, 1.165) is 22.0 Å². The quantitative estimate of drug-likeness (QED) is 0.493. The molecule has 1 heterocycles. The van der Waals surface area contributed by atoms with Crippen molar-refractivity contribution in [1.29, 1.82) is 0 Å². The number of aliphatic hydroxyl groups excluding tert-OH is 1. The van der Waals surface area contributed by atoms with Crippen LogP contribution in [0.2, 0.25) is 10.0 Å². The van der Waals surface area contributed by atoms with Crippen LogP contribution in [0.5, 0.6) is 0 Å². The van der Waals surface area contributed by atoms with Crippen LogP contribution in [-0.2, 0) is 0 Å². The molecule has 1 aromatic heterocycles. The third-order valence-corrected chi connectivity index (χ3v) is 5.02. The van der Waals surface area contributed by atoms with Crippen molar-refractivity contribution in [1.82, 2.24) is 15.6 Å². The lowest BCUT2D eigenvalue weighted by molar-refractivity contribution is 0.220. The number of hydrogen-bond donors (Lipinski definition) is 4. The van der Waals surface area contributed by atoms with Crippen LogP contribution < -0.4 is 10.6 Å². The number of carbonyl (C=O) groups excluding carboxylic acids is 1. The molecule has 3 aromatic rings. The highest BCUT2D eigenvalue weighted by atomic mass is 35.5. The Kier molecular flexibility index (Phi) is 6.26. The molecule has 2 aromatic carbocycles. The van der Waals surface area contributed by atoms with Crippen LogP contribution in [0.1, 0.15) is 24.0 Å². The lowest BCUT2D eigenvalue weighted by Crippen LogP contribution is -2.43. The van der Waals surface area contributed by atoms with Crippen molar-refractivity contribution in [3.8, 4) is 0 Å². The van der Waals surface area contributed by atoms with Gasteiger partial charge < -0.3 is 20.7 Å². The van der Waals surface area contributed by atoms with E-state index in [1.165, 1.54) is 0 Å². The number of nitrogens with one attached hydrogen (secondary N) is 3. The Morgan fingerprint density at radius 3 is 2.70 bits per heavy atom. The molecule has 0 aliphatic carbocycles. The number of carbonyl (C=O) groups is 1. The summed E-state index contributed by atoms with van der Waals surface area (Å²) in [5.41, 5.74) is 2.92. The van der Waals surface area contributed by atoms with Crippen LogP contribution in [0.15, 0.2) is 48.7 Å².